The molecule has 1 aliphatic rings. The molecule has 1 heterocycles. The van der Waals surface area contributed by atoms with Gasteiger partial charge in [-0.25, -0.2) is 4.79 Å². The summed E-state index contributed by atoms with van der Waals surface area (Å²) in [4.78, 5) is 136. The van der Waals surface area contributed by atoms with Crippen LogP contribution in [-0.2, 0) is 47.9 Å². The minimum atomic E-state index is -1.76. The maximum absolute atomic E-state index is 14.2. The Morgan fingerprint density at radius 2 is 1.04 bits per heavy atom. The summed E-state index contributed by atoms with van der Waals surface area (Å²) in [5.41, 5.74) is 16.7. The van der Waals surface area contributed by atoms with Gasteiger partial charge in [0, 0.05) is 32.1 Å². The zero-order valence-electron chi connectivity index (χ0n) is 46.0. The molecule has 8 amide bonds. The number of hydrogen-bond acceptors (Lipinski definition) is 17. The number of nitrogens with two attached hydrogens (primary N) is 3. The van der Waals surface area contributed by atoms with Gasteiger partial charge in [0.25, 0.3) is 0 Å². The Morgan fingerprint density at radius 1 is 0.603 bits per heavy atom. The van der Waals surface area contributed by atoms with Gasteiger partial charge in [0.1, 0.15) is 48.3 Å². The molecule has 1 fully saturated rings. The topological polar surface area (TPSA) is 457 Å². The van der Waals surface area contributed by atoms with Crippen molar-refractivity contribution in [1.29, 1.82) is 5.41 Å². The van der Waals surface area contributed by atoms with E-state index in [9.17, 15) is 63.3 Å². The molecular weight excluding hydrogens is 1040 g/mol. The molecule has 78 heavy (non-hydrogen) atoms. The van der Waals surface area contributed by atoms with Gasteiger partial charge in [-0.15, -0.1) is 0 Å². The van der Waals surface area contributed by atoms with E-state index >= 15 is 0 Å². The van der Waals surface area contributed by atoms with Gasteiger partial charge >= 0.3 is 11.9 Å². The predicted octanol–water partition coefficient (Wildman–Crippen LogP) is -3.13. The number of aliphatic hydroxyl groups is 1. The maximum Gasteiger partial charge on any atom is 0.326 e. The van der Waals surface area contributed by atoms with Gasteiger partial charge in [0.05, 0.1) is 24.2 Å². The number of thioether (sulfide) groups is 1. The van der Waals surface area contributed by atoms with Gasteiger partial charge in [0.2, 0.25) is 47.3 Å². The molecule has 10 atom stereocenters. The van der Waals surface area contributed by atoms with Crippen LogP contribution in [0.4, 0.5) is 0 Å². The summed E-state index contributed by atoms with van der Waals surface area (Å²) in [7, 11) is 0. The summed E-state index contributed by atoms with van der Waals surface area (Å²) in [6.07, 6.45) is 1.37. The zero-order valence-corrected chi connectivity index (χ0v) is 46.8. The smallest absolute Gasteiger partial charge is 0.326 e. The normalized spacial score (nSPS) is 16.5. The lowest BCUT2D eigenvalue weighted by Gasteiger charge is -2.30. The molecule has 1 rings (SSSR count). The molecule has 0 spiro atoms. The first kappa shape index (κ1) is 69.0. The van der Waals surface area contributed by atoms with E-state index in [0.717, 1.165) is 0 Å². The molecule has 1 aliphatic heterocycles. The fraction of sp³-hybridized carbons (Fsp3) is 0.694. The van der Waals surface area contributed by atoms with Crippen LogP contribution in [0.2, 0.25) is 0 Å². The van der Waals surface area contributed by atoms with Crippen LogP contribution in [0.15, 0.2) is 24.8 Å². The molecule has 0 radical (unpaired) electrons. The highest BCUT2D eigenvalue weighted by Gasteiger charge is 2.40. The second-order valence-electron chi connectivity index (χ2n) is 19.9. The molecule has 0 aromatic heterocycles. The largest absolute Gasteiger partial charge is 0.481 e. The lowest BCUT2D eigenvalue weighted by atomic mass is 10.0. The van der Waals surface area contributed by atoms with Crippen LogP contribution in [-0.4, -0.2) is 178 Å². The van der Waals surface area contributed by atoms with E-state index in [2.05, 4.69) is 66.3 Å². The first-order chi connectivity index (χ1) is 36.5. The summed E-state index contributed by atoms with van der Waals surface area (Å²) in [5, 5.41) is 63.3. The maximum atomic E-state index is 14.2. The fourth-order valence-corrected chi connectivity index (χ4v) is 8.63. The Morgan fingerprint density at radius 3 is 1.53 bits per heavy atom. The number of aliphatic carboxylic acids is 2. The quantitative estimate of drug-likeness (QED) is 0.0165. The Kier molecular flexibility index (Phi) is 31.3. The van der Waals surface area contributed by atoms with Gasteiger partial charge in [-0.2, -0.15) is 11.8 Å². The second-order valence-corrected chi connectivity index (χ2v) is 20.9. The van der Waals surface area contributed by atoms with E-state index in [-0.39, 0.29) is 68.0 Å². The number of aliphatic hydroxyl groups excluding tert-OH is 1. The van der Waals surface area contributed by atoms with Crippen LogP contribution in [0.5, 0.6) is 0 Å². The minimum Gasteiger partial charge on any atom is -0.481 e. The van der Waals surface area contributed by atoms with Crippen LogP contribution < -0.4 is 70.4 Å². The number of nitrogens with one attached hydrogen (secondary N) is 11. The molecule has 1 saturated heterocycles. The van der Waals surface area contributed by atoms with Crippen molar-refractivity contribution in [3.63, 3.8) is 0 Å². The molecule has 29 heteroatoms. The minimum absolute atomic E-state index is 0.0468. The van der Waals surface area contributed by atoms with Gasteiger partial charge < -0.3 is 90.6 Å². The van der Waals surface area contributed by atoms with E-state index in [1.165, 1.54) is 37.4 Å². The summed E-state index contributed by atoms with van der Waals surface area (Å²) >= 11 is 1.29. The van der Waals surface area contributed by atoms with E-state index in [1.54, 1.807) is 27.0 Å². The Bertz CT molecular complexity index is 2100. The third-order valence-electron chi connectivity index (χ3n) is 12.5. The van der Waals surface area contributed by atoms with E-state index in [4.69, 9.17) is 22.6 Å². The number of carbonyl (C=O) groups excluding carboxylic acids is 8. The van der Waals surface area contributed by atoms with Crippen molar-refractivity contribution in [2.75, 3.05) is 38.2 Å². The monoisotopic (exact) mass is 1130 g/mol. The molecule has 0 aliphatic carbocycles. The van der Waals surface area contributed by atoms with Crippen molar-refractivity contribution < 1.29 is 63.3 Å². The van der Waals surface area contributed by atoms with Gasteiger partial charge in [-0.1, -0.05) is 47.8 Å². The van der Waals surface area contributed by atoms with E-state index in [0.29, 0.717) is 45.2 Å². The summed E-state index contributed by atoms with van der Waals surface area (Å²) in [5.74, 6) is -10.9. The second kappa shape index (κ2) is 35.4. The molecular formula is C49H87N15O13S. The zero-order chi connectivity index (χ0) is 59.4. The number of carbonyl (C=O) groups is 10. The van der Waals surface area contributed by atoms with Crippen molar-refractivity contribution in [3.8, 4) is 0 Å². The number of nitrogens with zero attached hydrogens (tertiary/aromatic N) is 1. The Hall–Kier alpha value is -7.04. The van der Waals surface area contributed by atoms with Crippen molar-refractivity contribution in [2.24, 2.45) is 35.0 Å². The number of rotatable bonds is 38. The standard InChI is InChI=1S/C49H87N15O13S/c1-25(2)37(61-42(70)32(16-12-20-55-30(8)51)58-44(72)35-17-13-22-64(35)47(75)27(5)14-10-21-56-49(52)53)45(73)63-39(28(6)65)46(74)59-31(15-11-19-54-29(7)50)40(68)57-33(18-23-78-9)41(69)60-34(24-36(66)67)43(71)62-38(26(3)4)48(76)77/h25-28,31-35,37-39,54-55,65H,7-8,10-24,50-51H2,1-6,9H3,(H,57,68)(H,58,72)(H,59,74)(H,60,69)(H,61,70)(H,62,71)(H,63,73)(H,66,67)(H,76,77)(H4,52,53,56). The fourth-order valence-electron chi connectivity index (χ4n) is 8.16. The highest BCUT2D eigenvalue weighted by molar-refractivity contribution is 7.98. The van der Waals surface area contributed by atoms with E-state index in [1.807, 2.05) is 0 Å². The van der Waals surface area contributed by atoms with Crippen molar-refractivity contribution in [2.45, 2.75) is 160 Å². The Labute approximate surface area is 460 Å². The SMILES string of the molecule is C=C(N)NCCCC(NC(=O)C(NC(=O)C(NC(=O)C(CCCNC(=C)N)NC(=O)C1CCCN1C(=O)C(C)CCCNC(=N)N)C(C)C)C(C)O)C(=O)NC(CCSC)C(=O)NC(CC(=O)O)C(=O)NC(C(=O)O)C(C)C. The third kappa shape index (κ3) is 25.4. The van der Waals surface area contributed by atoms with Gasteiger partial charge in [0.15, 0.2) is 5.96 Å². The number of amides is 8. The van der Waals surface area contributed by atoms with Crippen LogP contribution in [0.1, 0.15) is 106 Å². The number of likely N-dealkylation sites (tertiary alicyclic amines) is 1. The van der Waals surface area contributed by atoms with Crippen LogP contribution in [0.25, 0.3) is 0 Å². The molecule has 28 nitrogen and oxygen atoms in total. The number of carboxylic acid groups (broad SMARTS) is 2. The van der Waals surface area contributed by atoms with Gasteiger partial charge in [-0.05, 0) is 88.6 Å². The number of carboxylic acids is 2. The highest BCUT2D eigenvalue weighted by atomic mass is 32.2. The average molecular weight is 1130 g/mol. The number of hydrogen-bond donors (Lipinski definition) is 17. The third-order valence-corrected chi connectivity index (χ3v) is 13.1. The Balaban J connectivity index is 3.45. The van der Waals surface area contributed by atoms with Crippen molar-refractivity contribution in [3.05, 3.63) is 24.8 Å². The molecule has 0 aromatic rings. The van der Waals surface area contributed by atoms with Crippen LogP contribution in [0.3, 0.4) is 0 Å². The number of guanidine groups is 1. The lowest BCUT2D eigenvalue weighted by molar-refractivity contribution is -0.144. The molecule has 10 unspecified atom stereocenters. The van der Waals surface area contributed by atoms with E-state index < -0.39 is 132 Å². The summed E-state index contributed by atoms with van der Waals surface area (Å²) < 4.78 is 0. The average Bonchev–Trinajstić information content (AvgIpc) is 3.84. The first-order valence-corrected chi connectivity index (χ1v) is 27.4. The molecule has 0 aromatic carbocycles. The molecule has 0 saturated carbocycles. The molecule has 442 valence electrons. The first-order valence-electron chi connectivity index (χ1n) is 26.0. The van der Waals surface area contributed by atoms with Gasteiger partial charge in [-0.3, -0.25) is 48.6 Å². The summed E-state index contributed by atoms with van der Waals surface area (Å²) in [6, 6.07) is -11.3. The van der Waals surface area contributed by atoms with Crippen LogP contribution >= 0.6 is 11.8 Å². The highest BCUT2D eigenvalue weighted by Crippen LogP contribution is 2.22. The summed E-state index contributed by atoms with van der Waals surface area (Å²) in [6.45, 7) is 17.5. The van der Waals surface area contributed by atoms with Crippen molar-refractivity contribution in [1.82, 2.24) is 58.1 Å². The van der Waals surface area contributed by atoms with Crippen LogP contribution in [0, 0.1) is 23.2 Å². The lowest BCUT2D eigenvalue weighted by Crippen LogP contribution is -2.62. The predicted molar refractivity (Wildman–Crippen MR) is 292 cm³/mol. The molecule has 0 bridgehead atoms. The van der Waals surface area contributed by atoms with Crippen molar-refractivity contribution >= 4 is 76.9 Å². The molecule has 20 N–H and O–H groups in total.